The van der Waals surface area contributed by atoms with Crippen LogP contribution >= 0.6 is 23.2 Å². The third-order valence-corrected chi connectivity index (χ3v) is 4.08. The molecule has 3 nitrogen and oxygen atoms in total. The van der Waals surface area contributed by atoms with Gasteiger partial charge in [0.15, 0.2) is 0 Å². The van der Waals surface area contributed by atoms with Crippen molar-refractivity contribution in [2.45, 2.75) is 4.90 Å². The van der Waals surface area contributed by atoms with Crippen LogP contribution in [0.25, 0.3) is 0 Å². The van der Waals surface area contributed by atoms with Crippen LogP contribution in [0.4, 0.5) is 0 Å². The molecule has 6 heteroatoms. The van der Waals surface area contributed by atoms with Crippen molar-refractivity contribution in [3.8, 4) is 5.75 Å². The number of hydrogen-bond acceptors (Lipinski definition) is 3. The van der Waals surface area contributed by atoms with Gasteiger partial charge in [-0.15, -0.1) is 0 Å². The van der Waals surface area contributed by atoms with E-state index in [9.17, 15) is 8.42 Å². The van der Waals surface area contributed by atoms with E-state index in [1.54, 1.807) is 18.2 Å². The van der Waals surface area contributed by atoms with Crippen molar-refractivity contribution in [1.82, 2.24) is 0 Å². The molecular weight excluding hydrogens is 295 g/mol. The van der Waals surface area contributed by atoms with Crippen molar-refractivity contribution in [2.24, 2.45) is 0 Å². The fourth-order valence-corrected chi connectivity index (χ4v) is 2.99. The Labute approximate surface area is 115 Å². The first-order valence-electron chi connectivity index (χ1n) is 4.93. The Bertz CT molecular complexity index is 654. The number of hydrogen-bond donors (Lipinski definition) is 0. The molecule has 0 aliphatic carbocycles. The highest BCUT2D eigenvalue weighted by Gasteiger charge is 2.20. The first-order valence-corrected chi connectivity index (χ1v) is 7.10. The molecule has 0 aliphatic rings. The minimum Gasteiger partial charge on any atom is -0.379 e. The van der Waals surface area contributed by atoms with Crippen LogP contribution in [0, 0.1) is 0 Å². The monoisotopic (exact) mass is 302 g/mol. The van der Waals surface area contributed by atoms with E-state index in [0.29, 0.717) is 0 Å². The minimum atomic E-state index is -3.98. The number of para-hydroxylation sites is 1. The van der Waals surface area contributed by atoms with Gasteiger partial charge in [-0.1, -0.05) is 41.4 Å². The summed E-state index contributed by atoms with van der Waals surface area (Å²) in [5, 5.41) is 0.338. The van der Waals surface area contributed by atoms with Gasteiger partial charge in [0.1, 0.15) is 10.6 Å². The van der Waals surface area contributed by atoms with Gasteiger partial charge in [0, 0.05) is 5.02 Å². The zero-order valence-electron chi connectivity index (χ0n) is 9.01. The third kappa shape index (κ3) is 2.96. The first kappa shape index (κ1) is 13.2. The Morgan fingerprint density at radius 2 is 1.61 bits per heavy atom. The van der Waals surface area contributed by atoms with Crippen LogP contribution in [0.3, 0.4) is 0 Å². The van der Waals surface area contributed by atoms with Gasteiger partial charge in [0.2, 0.25) is 0 Å². The van der Waals surface area contributed by atoms with Crippen LogP contribution in [0.2, 0.25) is 10.0 Å². The molecule has 0 amide bonds. The molecule has 0 fully saturated rings. The zero-order valence-corrected chi connectivity index (χ0v) is 11.3. The quantitative estimate of drug-likeness (QED) is 0.811. The largest absolute Gasteiger partial charge is 0.379 e. The van der Waals surface area contributed by atoms with Gasteiger partial charge in [-0.3, -0.25) is 0 Å². The summed E-state index contributed by atoms with van der Waals surface area (Å²) in [5.41, 5.74) is 0. The summed E-state index contributed by atoms with van der Waals surface area (Å²) < 4.78 is 29.0. The summed E-state index contributed by atoms with van der Waals surface area (Å²) in [5.74, 6) is 0.216. The molecule has 0 radical (unpaired) electrons. The molecule has 0 heterocycles. The van der Waals surface area contributed by atoms with Crippen molar-refractivity contribution in [3.63, 3.8) is 0 Å². The minimum absolute atomic E-state index is 0.0651. The Balaban J connectivity index is 2.40. The van der Waals surface area contributed by atoms with E-state index < -0.39 is 10.1 Å². The molecule has 0 N–H and O–H groups in total. The zero-order chi connectivity index (χ0) is 13.2. The van der Waals surface area contributed by atoms with E-state index >= 15 is 0 Å². The van der Waals surface area contributed by atoms with Crippen molar-refractivity contribution < 1.29 is 12.6 Å². The third-order valence-electron chi connectivity index (χ3n) is 2.11. The van der Waals surface area contributed by atoms with E-state index in [0.717, 1.165) is 0 Å². The van der Waals surface area contributed by atoms with Crippen LogP contribution in [0.1, 0.15) is 0 Å². The molecule has 94 valence electrons. The van der Waals surface area contributed by atoms with E-state index in [2.05, 4.69) is 0 Å². The highest BCUT2D eigenvalue weighted by atomic mass is 35.5. The Kier molecular flexibility index (Phi) is 3.80. The second-order valence-electron chi connectivity index (χ2n) is 3.43. The highest BCUT2D eigenvalue weighted by molar-refractivity contribution is 7.87. The number of benzene rings is 2. The molecule has 2 aromatic rings. The van der Waals surface area contributed by atoms with Gasteiger partial charge in [0.25, 0.3) is 0 Å². The Morgan fingerprint density at radius 3 is 2.28 bits per heavy atom. The fourth-order valence-electron chi connectivity index (χ4n) is 1.32. The summed E-state index contributed by atoms with van der Waals surface area (Å²) in [6, 6.07) is 12.3. The van der Waals surface area contributed by atoms with E-state index in [1.807, 2.05) is 0 Å². The maximum Gasteiger partial charge on any atom is 0.340 e. The highest BCUT2D eigenvalue weighted by Crippen LogP contribution is 2.27. The van der Waals surface area contributed by atoms with Gasteiger partial charge >= 0.3 is 10.1 Å². The predicted molar refractivity (Wildman–Crippen MR) is 70.7 cm³/mol. The van der Waals surface area contributed by atoms with Gasteiger partial charge in [-0.25, -0.2) is 0 Å². The lowest BCUT2D eigenvalue weighted by atomic mass is 10.3. The summed E-state index contributed by atoms with van der Waals surface area (Å²) in [6.45, 7) is 0. The Hall–Kier alpha value is -1.23. The molecule has 0 spiro atoms. The van der Waals surface area contributed by atoms with Crippen molar-refractivity contribution >= 4 is 33.3 Å². The maximum absolute atomic E-state index is 12.0. The van der Waals surface area contributed by atoms with Crippen LogP contribution in [-0.2, 0) is 10.1 Å². The molecule has 18 heavy (non-hydrogen) atoms. The van der Waals surface area contributed by atoms with E-state index in [-0.39, 0.29) is 20.7 Å². The molecular formula is C12H8Cl2O3S. The average molecular weight is 303 g/mol. The second-order valence-corrected chi connectivity index (χ2v) is 5.78. The molecule has 0 saturated heterocycles. The van der Waals surface area contributed by atoms with Crippen LogP contribution in [0.5, 0.6) is 5.75 Å². The lowest BCUT2D eigenvalue weighted by Crippen LogP contribution is -2.10. The maximum atomic E-state index is 12.0. The van der Waals surface area contributed by atoms with Gasteiger partial charge in [-0.2, -0.15) is 8.42 Å². The summed E-state index contributed by atoms with van der Waals surface area (Å²) >= 11 is 11.6. The second kappa shape index (κ2) is 5.18. The van der Waals surface area contributed by atoms with E-state index in [4.69, 9.17) is 27.4 Å². The van der Waals surface area contributed by atoms with Crippen LogP contribution in [0.15, 0.2) is 53.4 Å². The molecule has 0 aliphatic heterocycles. The summed E-state index contributed by atoms with van der Waals surface area (Å²) in [6.07, 6.45) is 0. The molecule has 0 unspecified atom stereocenters. The number of halogens is 2. The van der Waals surface area contributed by atoms with Crippen LogP contribution < -0.4 is 4.18 Å². The molecule has 0 saturated carbocycles. The normalized spacial score (nSPS) is 11.2. The molecule has 2 aromatic carbocycles. The average Bonchev–Trinajstić information content (AvgIpc) is 2.33. The molecule has 0 aromatic heterocycles. The smallest absolute Gasteiger partial charge is 0.340 e. The van der Waals surface area contributed by atoms with E-state index in [1.165, 1.54) is 30.3 Å². The molecule has 2 rings (SSSR count). The van der Waals surface area contributed by atoms with Gasteiger partial charge in [-0.05, 0) is 30.3 Å². The summed E-state index contributed by atoms with van der Waals surface area (Å²) in [7, 11) is -3.98. The topological polar surface area (TPSA) is 43.4 Å². The SMILES string of the molecule is O=S(=O)(Oc1ccccc1)c1cc(Cl)ccc1Cl. The standard InChI is InChI=1S/C12H8Cl2O3S/c13-9-6-7-11(14)12(8-9)18(15,16)17-10-4-2-1-3-5-10/h1-8H. The fraction of sp³-hybridized carbons (Fsp3) is 0. The molecule has 0 atom stereocenters. The molecule has 0 bridgehead atoms. The Morgan fingerprint density at radius 1 is 0.944 bits per heavy atom. The lowest BCUT2D eigenvalue weighted by Gasteiger charge is -2.08. The van der Waals surface area contributed by atoms with Crippen molar-refractivity contribution in [1.29, 1.82) is 0 Å². The number of rotatable bonds is 3. The summed E-state index contributed by atoms with van der Waals surface area (Å²) in [4.78, 5) is -0.152. The van der Waals surface area contributed by atoms with Crippen molar-refractivity contribution in [3.05, 3.63) is 58.6 Å². The first-order chi connectivity index (χ1) is 8.49. The van der Waals surface area contributed by atoms with Gasteiger partial charge in [0.05, 0.1) is 5.02 Å². The lowest BCUT2D eigenvalue weighted by molar-refractivity contribution is 0.486. The van der Waals surface area contributed by atoms with Crippen molar-refractivity contribution in [2.75, 3.05) is 0 Å². The predicted octanol–water partition coefficient (Wildman–Crippen LogP) is 3.76. The van der Waals surface area contributed by atoms with Gasteiger partial charge < -0.3 is 4.18 Å². The van der Waals surface area contributed by atoms with Crippen LogP contribution in [-0.4, -0.2) is 8.42 Å².